The van der Waals surface area contributed by atoms with Crippen molar-refractivity contribution in [3.63, 3.8) is 0 Å². The lowest BCUT2D eigenvalue weighted by atomic mass is 10.00. The van der Waals surface area contributed by atoms with Gasteiger partial charge in [0.1, 0.15) is 5.75 Å². The zero-order valence-electron chi connectivity index (χ0n) is 10.2. The molecule has 0 aliphatic carbocycles. The largest absolute Gasteiger partial charge is 0.507 e. The first-order valence-electron chi connectivity index (χ1n) is 5.66. The lowest BCUT2D eigenvalue weighted by Gasteiger charge is -2.17. The van der Waals surface area contributed by atoms with Crippen LogP contribution in [0.5, 0.6) is 5.75 Å². The fourth-order valence-corrected chi connectivity index (χ4v) is 1.67. The van der Waals surface area contributed by atoms with Gasteiger partial charge in [-0.3, -0.25) is 4.39 Å². The minimum Gasteiger partial charge on any atom is -0.507 e. The Morgan fingerprint density at radius 1 is 1.38 bits per heavy atom. The molecule has 2 nitrogen and oxygen atoms in total. The zero-order valence-corrected chi connectivity index (χ0v) is 10.2. The van der Waals surface area contributed by atoms with Crippen LogP contribution in [0.2, 0.25) is 0 Å². The van der Waals surface area contributed by atoms with E-state index in [0.29, 0.717) is 18.7 Å². The van der Waals surface area contributed by atoms with E-state index in [-0.39, 0.29) is 12.7 Å². The minimum absolute atomic E-state index is 0.0471. The van der Waals surface area contributed by atoms with Crippen LogP contribution < -0.4 is 5.32 Å². The predicted octanol–water partition coefficient (Wildman–Crippen LogP) is 3.02. The highest BCUT2D eigenvalue weighted by Crippen LogP contribution is 2.29. The van der Waals surface area contributed by atoms with Crippen LogP contribution in [0.1, 0.15) is 36.1 Å². The van der Waals surface area contributed by atoms with Crippen molar-refractivity contribution in [2.24, 2.45) is 0 Å². The van der Waals surface area contributed by atoms with Gasteiger partial charge in [0.2, 0.25) is 0 Å². The molecule has 3 heteroatoms. The summed E-state index contributed by atoms with van der Waals surface area (Å²) < 4.78 is 12.0. The SMILES string of the molecule is Cc1ccc(C(C)NCCCF)c(O)c1C. The van der Waals surface area contributed by atoms with Crippen molar-refractivity contribution >= 4 is 0 Å². The number of hydrogen-bond donors (Lipinski definition) is 2. The molecule has 1 atom stereocenters. The van der Waals surface area contributed by atoms with E-state index in [1.54, 1.807) is 0 Å². The molecule has 0 radical (unpaired) electrons. The Labute approximate surface area is 96.5 Å². The Kier molecular flexibility index (Phi) is 4.74. The number of aromatic hydroxyl groups is 1. The zero-order chi connectivity index (χ0) is 12.1. The molecule has 0 saturated heterocycles. The van der Waals surface area contributed by atoms with Crippen molar-refractivity contribution in [3.8, 4) is 5.75 Å². The molecule has 0 amide bonds. The van der Waals surface area contributed by atoms with E-state index in [4.69, 9.17) is 0 Å². The molecule has 0 aromatic heterocycles. The first-order valence-corrected chi connectivity index (χ1v) is 5.66. The van der Waals surface area contributed by atoms with E-state index in [1.807, 2.05) is 32.9 Å². The van der Waals surface area contributed by atoms with Gasteiger partial charge in [-0.2, -0.15) is 0 Å². The lowest BCUT2D eigenvalue weighted by molar-refractivity contribution is 0.430. The third-order valence-corrected chi connectivity index (χ3v) is 2.96. The maximum Gasteiger partial charge on any atom is 0.123 e. The number of phenols is 1. The van der Waals surface area contributed by atoms with Gasteiger partial charge in [0.15, 0.2) is 0 Å². The fraction of sp³-hybridized carbons (Fsp3) is 0.538. The lowest BCUT2D eigenvalue weighted by Crippen LogP contribution is -2.20. The molecule has 0 fully saturated rings. The predicted molar refractivity (Wildman–Crippen MR) is 64.6 cm³/mol. The molecular weight excluding hydrogens is 205 g/mol. The Bertz CT molecular complexity index is 352. The maximum atomic E-state index is 12.0. The second-order valence-electron chi connectivity index (χ2n) is 4.16. The van der Waals surface area contributed by atoms with Crippen molar-refractivity contribution in [2.45, 2.75) is 33.2 Å². The highest BCUT2D eigenvalue weighted by Gasteiger charge is 2.12. The van der Waals surface area contributed by atoms with Crippen LogP contribution in [0.4, 0.5) is 4.39 Å². The molecule has 16 heavy (non-hydrogen) atoms. The molecule has 0 aliphatic heterocycles. The van der Waals surface area contributed by atoms with Crippen molar-refractivity contribution in [1.29, 1.82) is 0 Å². The summed E-state index contributed by atoms with van der Waals surface area (Å²) in [4.78, 5) is 0. The van der Waals surface area contributed by atoms with Crippen molar-refractivity contribution in [1.82, 2.24) is 5.32 Å². The molecule has 0 saturated carbocycles. The Balaban J connectivity index is 2.76. The molecule has 0 aliphatic rings. The second-order valence-corrected chi connectivity index (χ2v) is 4.16. The van der Waals surface area contributed by atoms with Gasteiger partial charge in [-0.05, 0) is 44.9 Å². The van der Waals surface area contributed by atoms with E-state index in [2.05, 4.69) is 5.32 Å². The molecule has 1 aromatic rings. The number of hydrogen-bond acceptors (Lipinski definition) is 2. The summed E-state index contributed by atoms with van der Waals surface area (Å²) in [6, 6.07) is 3.97. The fourth-order valence-electron chi connectivity index (χ4n) is 1.67. The van der Waals surface area contributed by atoms with Gasteiger partial charge in [-0.15, -0.1) is 0 Å². The highest BCUT2D eigenvalue weighted by molar-refractivity contribution is 5.45. The van der Waals surface area contributed by atoms with Crippen LogP contribution in [0.3, 0.4) is 0 Å². The normalized spacial score (nSPS) is 12.8. The smallest absolute Gasteiger partial charge is 0.123 e. The van der Waals surface area contributed by atoms with Gasteiger partial charge < -0.3 is 10.4 Å². The van der Waals surface area contributed by atoms with Gasteiger partial charge in [-0.1, -0.05) is 12.1 Å². The van der Waals surface area contributed by atoms with Crippen LogP contribution >= 0.6 is 0 Å². The molecule has 0 spiro atoms. The number of aryl methyl sites for hydroxylation is 1. The number of rotatable bonds is 5. The number of benzene rings is 1. The topological polar surface area (TPSA) is 32.3 Å². The third kappa shape index (κ3) is 2.95. The first-order chi connectivity index (χ1) is 7.57. The molecule has 0 heterocycles. The summed E-state index contributed by atoms with van der Waals surface area (Å²) in [6.07, 6.45) is 0.510. The van der Waals surface area contributed by atoms with E-state index < -0.39 is 0 Å². The first kappa shape index (κ1) is 13.0. The monoisotopic (exact) mass is 225 g/mol. The van der Waals surface area contributed by atoms with Gasteiger partial charge in [-0.25, -0.2) is 0 Å². The summed E-state index contributed by atoms with van der Waals surface area (Å²) >= 11 is 0. The van der Waals surface area contributed by atoms with Crippen LogP contribution in [0, 0.1) is 13.8 Å². The van der Waals surface area contributed by atoms with Crippen molar-refractivity contribution < 1.29 is 9.50 Å². The second kappa shape index (κ2) is 5.85. The summed E-state index contributed by atoms with van der Waals surface area (Å²) in [5.74, 6) is 0.347. The summed E-state index contributed by atoms with van der Waals surface area (Å²) in [5, 5.41) is 13.2. The molecule has 1 rings (SSSR count). The third-order valence-electron chi connectivity index (χ3n) is 2.96. The van der Waals surface area contributed by atoms with Crippen molar-refractivity contribution in [3.05, 3.63) is 28.8 Å². The average Bonchev–Trinajstić information content (AvgIpc) is 2.26. The molecule has 90 valence electrons. The Morgan fingerprint density at radius 2 is 2.06 bits per heavy atom. The molecule has 1 unspecified atom stereocenters. The summed E-state index contributed by atoms with van der Waals surface area (Å²) in [7, 11) is 0. The van der Waals surface area contributed by atoms with Crippen LogP contribution in [-0.4, -0.2) is 18.3 Å². The quantitative estimate of drug-likeness (QED) is 0.755. The maximum absolute atomic E-state index is 12.0. The number of phenolic OH excluding ortho intramolecular Hbond substituents is 1. The highest BCUT2D eigenvalue weighted by atomic mass is 19.1. The molecule has 2 N–H and O–H groups in total. The van der Waals surface area contributed by atoms with Crippen molar-refractivity contribution in [2.75, 3.05) is 13.2 Å². The molecular formula is C13H20FNO. The van der Waals surface area contributed by atoms with E-state index in [1.165, 1.54) is 0 Å². The van der Waals surface area contributed by atoms with Crippen LogP contribution in [0.15, 0.2) is 12.1 Å². The van der Waals surface area contributed by atoms with Gasteiger partial charge >= 0.3 is 0 Å². The Morgan fingerprint density at radius 3 is 2.69 bits per heavy atom. The van der Waals surface area contributed by atoms with E-state index in [9.17, 15) is 9.50 Å². The van der Waals surface area contributed by atoms with E-state index >= 15 is 0 Å². The van der Waals surface area contributed by atoms with Gasteiger partial charge in [0.25, 0.3) is 0 Å². The number of alkyl halides is 1. The Hall–Kier alpha value is -1.09. The van der Waals surface area contributed by atoms with Crippen LogP contribution in [-0.2, 0) is 0 Å². The molecule has 1 aromatic carbocycles. The number of nitrogens with one attached hydrogen (secondary N) is 1. The van der Waals surface area contributed by atoms with Crippen LogP contribution in [0.25, 0.3) is 0 Å². The van der Waals surface area contributed by atoms with E-state index in [0.717, 1.165) is 16.7 Å². The summed E-state index contributed by atoms with van der Waals surface area (Å²) in [5.41, 5.74) is 2.87. The van der Waals surface area contributed by atoms with Gasteiger partial charge in [0, 0.05) is 11.6 Å². The summed E-state index contributed by atoms with van der Waals surface area (Å²) in [6.45, 7) is 6.17. The van der Waals surface area contributed by atoms with Gasteiger partial charge in [0.05, 0.1) is 6.67 Å². The minimum atomic E-state index is -0.307. The standard InChI is InChI=1S/C13H20FNO/c1-9-5-6-12(13(16)10(9)2)11(3)15-8-4-7-14/h5-6,11,15-16H,4,7-8H2,1-3H3. The number of halogens is 1. The molecule has 0 bridgehead atoms. The average molecular weight is 225 g/mol.